The van der Waals surface area contributed by atoms with Crippen molar-refractivity contribution in [2.75, 3.05) is 0 Å². The van der Waals surface area contributed by atoms with Crippen LogP contribution >= 0.6 is 0 Å². The number of rotatable bonds is 7. The van der Waals surface area contributed by atoms with Crippen LogP contribution in [0.25, 0.3) is 44.7 Å². The van der Waals surface area contributed by atoms with E-state index in [4.69, 9.17) is 4.42 Å². The van der Waals surface area contributed by atoms with Gasteiger partial charge in [0.25, 0.3) is 0 Å². The molecule has 6 aromatic rings. The summed E-state index contributed by atoms with van der Waals surface area (Å²) in [5, 5.41) is 2.42. The summed E-state index contributed by atoms with van der Waals surface area (Å²) in [6, 6.07) is 25.3. The molecule has 0 amide bonds. The Morgan fingerprint density at radius 3 is 2.37 bits per heavy atom. The molecule has 0 atom stereocenters. The Balaban J connectivity index is 0.000000199. The van der Waals surface area contributed by atoms with E-state index in [9.17, 15) is 0 Å². The van der Waals surface area contributed by atoms with E-state index in [-0.39, 0.29) is 25.5 Å². The van der Waals surface area contributed by atoms with Crippen LogP contribution in [0.4, 0.5) is 0 Å². The molecule has 0 saturated heterocycles. The van der Waals surface area contributed by atoms with Crippen LogP contribution < -0.4 is 5.19 Å². The number of nitrogens with zero attached hydrogens (tertiary/aromatic N) is 4. The summed E-state index contributed by atoms with van der Waals surface area (Å²) < 4.78 is 5.92. The molecule has 5 heterocycles. The second-order valence-corrected chi connectivity index (χ2v) is 20.4. The van der Waals surface area contributed by atoms with Gasteiger partial charge in [0.05, 0.1) is 13.7 Å². The van der Waals surface area contributed by atoms with Gasteiger partial charge in [0.15, 0.2) is 0 Å². The minimum atomic E-state index is -1.34. The van der Waals surface area contributed by atoms with Gasteiger partial charge in [-0.2, -0.15) is 0 Å². The van der Waals surface area contributed by atoms with E-state index in [2.05, 4.69) is 110 Å². The first kappa shape index (κ1) is 36.8. The van der Waals surface area contributed by atoms with Gasteiger partial charge in [0.2, 0.25) is 5.71 Å². The van der Waals surface area contributed by atoms with Crippen molar-refractivity contribution in [1.82, 2.24) is 19.9 Å². The third kappa shape index (κ3) is 8.28. The van der Waals surface area contributed by atoms with Gasteiger partial charge >= 0.3 is 0 Å². The summed E-state index contributed by atoms with van der Waals surface area (Å²) in [5.74, 6) is 1.40. The van der Waals surface area contributed by atoms with Gasteiger partial charge < -0.3 is 19.4 Å². The Morgan fingerprint density at radius 1 is 0.918 bits per heavy atom. The number of furan rings is 1. The second kappa shape index (κ2) is 15.2. The average molecular weight is 845 g/mol. The van der Waals surface area contributed by atoms with Crippen LogP contribution in [0.5, 0.6) is 0 Å². The van der Waals surface area contributed by atoms with Gasteiger partial charge in [0, 0.05) is 49.1 Å². The molecule has 1 saturated carbocycles. The molecule has 5 aromatic heterocycles. The summed E-state index contributed by atoms with van der Waals surface area (Å²) in [6.45, 7) is 18.4. The number of pyridine rings is 4. The summed E-state index contributed by atoms with van der Waals surface area (Å²) in [4.78, 5) is 18.4. The second-order valence-electron chi connectivity index (χ2n) is 15.4. The zero-order valence-corrected chi connectivity index (χ0v) is 33.5. The molecule has 1 aliphatic rings. The predicted molar refractivity (Wildman–Crippen MR) is 201 cm³/mol. The minimum Gasteiger partial charge on any atom is -0.457 e. The first-order chi connectivity index (χ1) is 22.9. The number of hydrogen-bond acceptors (Lipinski definition) is 5. The van der Waals surface area contributed by atoms with Crippen LogP contribution in [0.3, 0.4) is 0 Å². The van der Waals surface area contributed by atoms with E-state index >= 15 is 0 Å². The van der Waals surface area contributed by atoms with Crippen LogP contribution in [0.15, 0.2) is 77.6 Å². The van der Waals surface area contributed by atoms with Gasteiger partial charge in [-0.3, -0.25) is 0 Å². The quantitative estimate of drug-likeness (QED) is 0.118. The van der Waals surface area contributed by atoms with E-state index in [0.717, 1.165) is 51.5 Å². The van der Waals surface area contributed by atoms with Gasteiger partial charge in [-0.25, -0.2) is 4.98 Å². The van der Waals surface area contributed by atoms with Crippen LogP contribution in [0.2, 0.25) is 19.6 Å². The first-order valence-corrected chi connectivity index (χ1v) is 20.9. The number of aryl methyl sites for hydroxylation is 1. The van der Waals surface area contributed by atoms with Crippen molar-refractivity contribution in [3.8, 4) is 22.5 Å². The summed E-state index contributed by atoms with van der Waals surface area (Å²) in [7, 11) is -1.34. The Hall–Kier alpha value is -3.51. The zero-order chi connectivity index (χ0) is 34.1. The number of aromatic nitrogens is 4. The first-order valence-electron chi connectivity index (χ1n) is 17.4. The molecule has 0 N–H and O–H groups in total. The third-order valence-corrected chi connectivity index (χ3v) is 11.9. The molecular weight excluding hydrogens is 797 g/mol. The van der Waals surface area contributed by atoms with E-state index in [0.29, 0.717) is 17.2 Å². The molecule has 0 unspecified atom stereocenters. The third-order valence-electron chi connectivity index (χ3n) is 9.81. The fourth-order valence-corrected chi connectivity index (χ4v) is 8.62. The largest absolute Gasteiger partial charge is 0.457 e. The molecule has 1 radical (unpaired) electrons. The van der Waals surface area contributed by atoms with E-state index in [1.807, 2.05) is 49.6 Å². The molecule has 0 aliphatic heterocycles. The van der Waals surface area contributed by atoms with Crippen molar-refractivity contribution in [1.29, 1.82) is 0 Å². The van der Waals surface area contributed by atoms with Crippen molar-refractivity contribution in [3.05, 3.63) is 102 Å². The van der Waals surface area contributed by atoms with E-state index in [1.165, 1.54) is 42.0 Å². The van der Waals surface area contributed by atoms with Crippen LogP contribution in [-0.4, -0.2) is 28.0 Å². The molecular formula is C42H48IrN4OSi-2. The molecule has 1 fully saturated rings. The Labute approximate surface area is 306 Å². The predicted octanol–water partition coefficient (Wildman–Crippen LogP) is 10.3. The molecule has 1 aliphatic carbocycles. The Bertz CT molecular complexity index is 2020. The monoisotopic (exact) mass is 845 g/mol. The fraction of sp³-hybridized carbons (Fsp3) is 0.381. The number of benzene rings is 1. The molecule has 1 aromatic carbocycles. The molecule has 0 spiro atoms. The van der Waals surface area contributed by atoms with Crippen molar-refractivity contribution in [2.24, 2.45) is 11.8 Å². The van der Waals surface area contributed by atoms with Crippen LogP contribution in [0.1, 0.15) is 70.2 Å². The molecule has 257 valence electrons. The maximum atomic E-state index is 5.92. The SMILES string of the molecule is CC(C)Cc1cc(-c2[c-]cccc2)ncc1[Si](C)(C)C.Cc1ccc2c(n1)oc1[c-]c(-c3cc(C(C)(C)C4CCCC4)ccn3)cnc12.[Ir]. The van der Waals surface area contributed by atoms with Gasteiger partial charge in [-0.05, 0) is 77.7 Å². The Morgan fingerprint density at radius 2 is 1.67 bits per heavy atom. The summed E-state index contributed by atoms with van der Waals surface area (Å²) >= 11 is 0. The van der Waals surface area contributed by atoms with E-state index < -0.39 is 8.07 Å². The van der Waals surface area contributed by atoms with Crippen LogP contribution in [-0.2, 0) is 31.9 Å². The maximum absolute atomic E-state index is 5.92. The Kier molecular flexibility index (Phi) is 11.4. The number of fused-ring (bicyclic) bond motifs is 3. The molecule has 49 heavy (non-hydrogen) atoms. The van der Waals surface area contributed by atoms with Crippen molar-refractivity contribution in [2.45, 2.75) is 91.8 Å². The molecule has 7 heteroatoms. The maximum Gasteiger partial charge on any atom is 0.217 e. The van der Waals surface area contributed by atoms with Gasteiger partial charge in [0.1, 0.15) is 0 Å². The normalized spacial score (nSPS) is 13.8. The smallest absolute Gasteiger partial charge is 0.217 e. The van der Waals surface area contributed by atoms with Crippen molar-refractivity contribution < 1.29 is 24.5 Å². The summed E-state index contributed by atoms with van der Waals surface area (Å²) in [6.07, 6.45) is 12.3. The average Bonchev–Trinajstić information content (AvgIpc) is 3.73. The van der Waals surface area contributed by atoms with Gasteiger partial charge in [-0.15, -0.1) is 41.5 Å². The zero-order valence-electron chi connectivity index (χ0n) is 30.1. The van der Waals surface area contributed by atoms with Gasteiger partial charge in [-0.1, -0.05) is 96.2 Å². The van der Waals surface area contributed by atoms with E-state index in [1.54, 1.807) is 0 Å². The number of hydrogen-bond donors (Lipinski definition) is 0. The standard InChI is InChI=1S/C24H24N3O.C18H24NSi.Ir/c1-15-8-9-19-22-21(28-23(19)27-15)12-16(14-26-22)20-13-18(10-11-25-20)24(2,3)17-6-4-5-7-17;1-14(2)11-16-12-17(15-9-7-6-8-10-15)19-13-18(16)20(3,4)5;/h8-11,13-14,17H,4-7H2,1-3H3;6-9,12-14H,11H2,1-5H3;/q2*-1;. The molecule has 5 nitrogen and oxygen atoms in total. The fourth-order valence-electron chi connectivity index (χ4n) is 7.03. The molecule has 7 rings (SSSR count). The summed E-state index contributed by atoms with van der Waals surface area (Å²) in [5.41, 5.74) is 9.79. The topological polar surface area (TPSA) is 64.7 Å². The van der Waals surface area contributed by atoms with Crippen LogP contribution in [0, 0.1) is 30.9 Å². The molecule has 0 bridgehead atoms. The minimum absolute atomic E-state index is 0. The van der Waals surface area contributed by atoms with Crippen molar-refractivity contribution >= 4 is 35.5 Å². The van der Waals surface area contributed by atoms with Crippen molar-refractivity contribution in [3.63, 3.8) is 0 Å².